The third-order valence-corrected chi connectivity index (χ3v) is 11.2. The van der Waals surface area contributed by atoms with Gasteiger partial charge >= 0.3 is 11.7 Å². The normalized spacial score (nSPS) is 20.7. The predicted molar refractivity (Wildman–Crippen MR) is 212 cm³/mol. The SMILES string of the molecule is CCCC(NC(=O)[C@H]1CC(Oc2ccc(Cl)cn2)CN1C(=O)C(NC(=O)[C@@H](N=C(N)c1ccccc1[S+]=O)C1CCCCC1)C(C)(C)C)C(=O)C(=O)NC1CC1. The van der Waals surface area contributed by atoms with Crippen LogP contribution in [0.5, 0.6) is 5.88 Å². The van der Waals surface area contributed by atoms with Crippen molar-refractivity contribution in [3.05, 3.63) is 53.2 Å². The quantitative estimate of drug-likeness (QED) is 0.0840. The number of Topliss-reactive ketones (excluding diaryl/α,β-unsaturated/α-hetero) is 1. The van der Waals surface area contributed by atoms with E-state index in [9.17, 15) is 28.2 Å². The number of likely N-dealkylation sites (tertiary alicyclic amines) is 1. The van der Waals surface area contributed by atoms with Crippen LogP contribution in [0.25, 0.3) is 0 Å². The number of ether oxygens (including phenoxy) is 1. The van der Waals surface area contributed by atoms with E-state index in [0.717, 1.165) is 44.9 Å². The molecule has 5 rings (SSSR count). The number of ketones is 1. The Morgan fingerprint density at radius 2 is 1.75 bits per heavy atom. The van der Waals surface area contributed by atoms with Gasteiger partial charge in [-0.25, -0.2) is 4.98 Å². The van der Waals surface area contributed by atoms with Crippen LogP contribution in [0, 0.1) is 11.3 Å². The Bertz CT molecular complexity index is 1790. The van der Waals surface area contributed by atoms with E-state index >= 15 is 0 Å². The number of aromatic nitrogens is 1. The van der Waals surface area contributed by atoms with Crippen LogP contribution in [0.1, 0.15) is 97.5 Å². The number of benzene rings is 1. The third kappa shape index (κ3) is 11.1. The van der Waals surface area contributed by atoms with Gasteiger partial charge in [-0.3, -0.25) is 29.0 Å². The molecule has 3 aliphatic rings. The van der Waals surface area contributed by atoms with Gasteiger partial charge in [0, 0.05) is 35.0 Å². The van der Waals surface area contributed by atoms with Crippen molar-refractivity contribution in [1.82, 2.24) is 25.8 Å². The molecule has 302 valence electrons. The highest BCUT2D eigenvalue weighted by Gasteiger charge is 2.47. The highest BCUT2D eigenvalue weighted by molar-refractivity contribution is 7.65. The smallest absolute Gasteiger partial charge is 0.472 e. The molecule has 14 nitrogen and oxygen atoms in total. The van der Waals surface area contributed by atoms with Gasteiger partial charge in [-0.1, -0.05) is 77.1 Å². The number of rotatable bonds is 16. The summed E-state index contributed by atoms with van der Waals surface area (Å²) in [6.07, 6.45) is 7.47. The van der Waals surface area contributed by atoms with E-state index in [1.54, 1.807) is 36.4 Å². The Labute approximate surface area is 337 Å². The second-order valence-electron chi connectivity index (χ2n) is 16.0. The number of nitrogens with two attached hydrogens (primary N) is 1. The number of hydrogen-bond donors (Lipinski definition) is 4. The number of pyridine rings is 1. The van der Waals surface area contributed by atoms with E-state index in [0.29, 0.717) is 33.6 Å². The van der Waals surface area contributed by atoms with Crippen LogP contribution in [-0.4, -0.2) is 88.0 Å². The fraction of sp³-hybridized carbons (Fsp3) is 0.575. The highest BCUT2D eigenvalue weighted by atomic mass is 35.5. The first-order valence-corrected chi connectivity index (χ1v) is 20.6. The maximum Gasteiger partial charge on any atom is 0.505 e. The fourth-order valence-electron chi connectivity index (χ4n) is 7.29. The molecule has 2 heterocycles. The number of carbonyl (C=O) groups is 5. The lowest BCUT2D eigenvalue weighted by molar-refractivity contribution is -0.145. The molecule has 16 heteroatoms. The van der Waals surface area contributed by atoms with Crippen molar-refractivity contribution in [3.63, 3.8) is 0 Å². The molecule has 3 fully saturated rings. The number of amides is 4. The summed E-state index contributed by atoms with van der Waals surface area (Å²) in [5, 5.41) is 8.87. The molecule has 0 radical (unpaired) electrons. The summed E-state index contributed by atoms with van der Waals surface area (Å²) < 4.78 is 18.0. The van der Waals surface area contributed by atoms with Gasteiger partial charge in [-0.05, 0) is 55.6 Å². The van der Waals surface area contributed by atoms with Crippen molar-refractivity contribution < 1.29 is 32.9 Å². The molecule has 1 saturated heterocycles. The van der Waals surface area contributed by atoms with E-state index in [1.165, 1.54) is 11.1 Å². The lowest BCUT2D eigenvalue weighted by atomic mass is 9.82. The number of aliphatic imine (C=N–C) groups is 1. The monoisotopic (exact) mass is 810 g/mol. The van der Waals surface area contributed by atoms with Gasteiger partial charge < -0.3 is 31.3 Å². The summed E-state index contributed by atoms with van der Waals surface area (Å²) in [5.41, 5.74) is 6.07. The Morgan fingerprint density at radius 1 is 1.04 bits per heavy atom. The van der Waals surface area contributed by atoms with E-state index in [-0.39, 0.29) is 43.1 Å². The van der Waals surface area contributed by atoms with Crippen LogP contribution < -0.4 is 26.4 Å². The molecule has 5 atom stereocenters. The lowest BCUT2D eigenvalue weighted by Gasteiger charge is -2.37. The van der Waals surface area contributed by atoms with Gasteiger partial charge in [-0.15, -0.1) is 0 Å². The molecule has 1 aromatic carbocycles. The van der Waals surface area contributed by atoms with Gasteiger partial charge in [0.1, 0.15) is 30.1 Å². The summed E-state index contributed by atoms with van der Waals surface area (Å²) in [5.74, 6) is -2.98. The Morgan fingerprint density at radius 3 is 2.38 bits per heavy atom. The van der Waals surface area contributed by atoms with Crippen molar-refractivity contribution in [2.24, 2.45) is 22.1 Å². The van der Waals surface area contributed by atoms with Crippen LogP contribution in [-0.2, 0) is 39.8 Å². The van der Waals surface area contributed by atoms with E-state index in [1.807, 2.05) is 27.7 Å². The van der Waals surface area contributed by atoms with Crippen LogP contribution in [0.3, 0.4) is 0 Å². The molecule has 1 aliphatic heterocycles. The first kappa shape index (κ1) is 42.6. The minimum Gasteiger partial charge on any atom is -0.472 e. The number of halogens is 1. The number of nitrogens with zero attached hydrogens (tertiary/aromatic N) is 3. The standard InChI is InChI=1S/C40H52ClN7O7S/c1-5-11-28(33(49)38(52)44-25-17-18-25)45-36(50)29-20-26(55-31-19-16-24(41)21-43-31)22-48(29)39(53)34(40(2,3)4)47-37(51)32(23-12-7-6-8-13-23)46-35(42)27-14-9-10-15-30(27)56-54/h9-10,14-16,19,21,23,25-26,28-29,32,34H,5-8,11-13,17-18,20,22H2,1-4H3,(H4-,42,44,45,46,47,50,51,52)/p+1/t26?,28?,29-,32+,34?/m1/s1. The molecule has 2 aliphatic carbocycles. The average molecular weight is 811 g/mol. The molecule has 1 aromatic heterocycles. The van der Waals surface area contributed by atoms with Gasteiger partial charge in [0.15, 0.2) is 0 Å². The largest absolute Gasteiger partial charge is 0.505 e. The minimum absolute atomic E-state index is 0.0287. The molecule has 3 unspecified atom stereocenters. The summed E-state index contributed by atoms with van der Waals surface area (Å²) in [7, 11) is 0. The van der Waals surface area contributed by atoms with Gasteiger partial charge in [0.05, 0.1) is 23.2 Å². The Balaban J connectivity index is 1.43. The zero-order valence-corrected chi connectivity index (χ0v) is 34.0. The molecule has 2 aromatic rings. The predicted octanol–water partition coefficient (Wildman–Crippen LogP) is 3.89. The van der Waals surface area contributed by atoms with Crippen LogP contribution in [0.15, 0.2) is 52.5 Å². The minimum atomic E-state index is -1.12. The maximum absolute atomic E-state index is 14.8. The molecule has 5 N–H and O–H groups in total. The van der Waals surface area contributed by atoms with Crippen molar-refractivity contribution in [2.75, 3.05) is 6.54 Å². The summed E-state index contributed by atoms with van der Waals surface area (Å²) in [4.78, 5) is 80.0. The second-order valence-corrected chi connectivity index (χ2v) is 17.0. The van der Waals surface area contributed by atoms with E-state index in [2.05, 4.69) is 20.9 Å². The van der Waals surface area contributed by atoms with Crippen LogP contribution >= 0.6 is 11.6 Å². The van der Waals surface area contributed by atoms with Gasteiger partial charge in [0.25, 0.3) is 10.8 Å². The van der Waals surface area contributed by atoms with E-state index in [4.69, 9.17) is 27.1 Å². The van der Waals surface area contributed by atoms with Crippen LogP contribution in [0.4, 0.5) is 0 Å². The number of carbonyl (C=O) groups excluding carboxylic acids is 5. The molecular weight excluding hydrogens is 758 g/mol. The molecule has 2 saturated carbocycles. The summed E-state index contributed by atoms with van der Waals surface area (Å²) in [6.45, 7) is 7.26. The van der Waals surface area contributed by atoms with Crippen molar-refractivity contribution >= 4 is 58.5 Å². The Hall–Kier alpha value is -4.50. The number of amidine groups is 1. The van der Waals surface area contributed by atoms with Crippen molar-refractivity contribution in [3.8, 4) is 5.88 Å². The maximum atomic E-state index is 14.8. The first-order chi connectivity index (χ1) is 26.7. The lowest BCUT2D eigenvalue weighted by Crippen LogP contribution is -2.60. The fourth-order valence-corrected chi connectivity index (χ4v) is 7.79. The average Bonchev–Trinajstić information content (AvgIpc) is 3.90. The molecule has 4 amide bonds. The molecular formula is C40H53ClN7O7S+. The van der Waals surface area contributed by atoms with E-state index < -0.39 is 65.1 Å². The van der Waals surface area contributed by atoms with Crippen molar-refractivity contribution in [2.45, 2.75) is 133 Å². The summed E-state index contributed by atoms with van der Waals surface area (Å²) in [6, 6.07) is 5.69. The highest BCUT2D eigenvalue weighted by Crippen LogP contribution is 2.32. The number of nitrogens with one attached hydrogen (secondary N) is 3. The zero-order chi connectivity index (χ0) is 40.6. The second kappa shape index (κ2) is 19.1. The zero-order valence-electron chi connectivity index (χ0n) is 32.4. The van der Waals surface area contributed by atoms with Crippen LogP contribution in [0.2, 0.25) is 5.02 Å². The van der Waals surface area contributed by atoms with Gasteiger partial charge in [0.2, 0.25) is 29.4 Å². The third-order valence-electron chi connectivity index (χ3n) is 10.5. The number of hydrogen-bond acceptors (Lipinski definition) is 9. The molecule has 56 heavy (non-hydrogen) atoms. The molecule has 0 spiro atoms. The molecule has 0 bridgehead atoms. The van der Waals surface area contributed by atoms with Gasteiger partial charge in [-0.2, -0.15) is 0 Å². The van der Waals surface area contributed by atoms with Crippen molar-refractivity contribution in [1.29, 1.82) is 0 Å². The topological polar surface area (TPSA) is 202 Å². The summed E-state index contributed by atoms with van der Waals surface area (Å²) >= 11 is 6.32. The Kier molecular flexibility index (Phi) is 14.5. The first-order valence-electron chi connectivity index (χ1n) is 19.5.